The van der Waals surface area contributed by atoms with E-state index < -0.39 is 17.9 Å². The first-order valence-corrected chi connectivity index (χ1v) is 10.8. The van der Waals surface area contributed by atoms with E-state index in [1.807, 2.05) is 19.9 Å². The molecule has 0 aromatic heterocycles. The van der Waals surface area contributed by atoms with Gasteiger partial charge < -0.3 is 19.9 Å². The largest absolute Gasteiger partial charge is 0.489 e. The number of carbonyl (C=O) groups excluding carboxylic acids is 2. The van der Waals surface area contributed by atoms with E-state index in [-0.39, 0.29) is 28.8 Å². The summed E-state index contributed by atoms with van der Waals surface area (Å²) in [6.07, 6.45) is 0.612. The fraction of sp³-hybridized carbons (Fsp3) is 0.269. The number of nitrogens with two attached hydrogens (primary N) is 1. The lowest BCUT2D eigenvalue weighted by molar-refractivity contribution is -0.139. The van der Waals surface area contributed by atoms with Crippen molar-refractivity contribution >= 4 is 17.6 Å². The molecule has 8 nitrogen and oxygen atoms in total. The van der Waals surface area contributed by atoms with Gasteiger partial charge in [0.25, 0.3) is 0 Å². The van der Waals surface area contributed by atoms with Gasteiger partial charge in [-0.2, -0.15) is 5.26 Å². The highest BCUT2D eigenvalue weighted by Gasteiger charge is 2.43. The Balaban J connectivity index is 2.39. The van der Waals surface area contributed by atoms with Gasteiger partial charge in [0.2, 0.25) is 0 Å². The maximum Gasteiger partial charge on any atom is 0.355 e. The quantitative estimate of drug-likeness (QED) is 0.620. The molecule has 0 radical (unpaired) electrons. The minimum Gasteiger partial charge on any atom is -0.489 e. The van der Waals surface area contributed by atoms with Crippen molar-refractivity contribution in [2.75, 3.05) is 19.1 Å². The Morgan fingerprint density at radius 1 is 1.06 bits per heavy atom. The van der Waals surface area contributed by atoms with E-state index >= 15 is 0 Å². The van der Waals surface area contributed by atoms with Gasteiger partial charge in [0.15, 0.2) is 0 Å². The predicted octanol–water partition coefficient (Wildman–Crippen LogP) is 3.76. The van der Waals surface area contributed by atoms with Crippen molar-refractivity contribution in [1.29, 1.82) is 5.26 Å². The highest BCUT2D eigenvalue weighted by Crippen LogP contribution is 2.45. The number of rotatable bonds is 7. The van der Waals surface area contributed by atoms with Crippen molar-refractivity contribution in [3.05, 3.63) is 82.8 Å². The van der Waals surface area contributed by atoms with Crippen LogP contribution in [0.25, 0.3) is 0 Å². The first-order valence-electron chi connectivity index (χ1n) is 10.8. The van der Waals surface area contributed by atoms with Gasteiger partial charge in [0, 0.05) is 0 Å². The third-order valence-electron chi connectivity index (χ3n) is 5.62. The second-order valence-corrected chi connectivity index (χ2v) is 7.64. The minimum atomic E-state index is -0.924. The lowest BCUT2D eigenvalue weighted by Gasteiger charge is -2.36. The van der Waals surface area contributed by atoms with Crippen LogP contribution >= 0.6 is 0 Å². The number of para-hydroxylation sites is 2. The molecular weight excluding hydrogens is 434 g/mol. The molecule has 2 aromatic rings. The van der Waals surface area contributed by atoms with Gasteiger partial charge in [0.05, 0.1) is 49.1 Å². The zero-order valence-corrected chi connectivity index (χ0v) is 19.6. The number of benzene rings is 2. The van der Waals surface area contributed by atoms with Crippen LogP contribution in [0.2, 0.25) is 0 Å². The molecule has 2 aromatic carbocycles. The van der Waals surface area contributed by atoms with E-state index in [0.29, 0.717) is 17.0 Å². The molecule has 34 heavy (non-hydrogen) atoms. The number of nitrogens with zero attached hydrogens (tertiary/aromatic N) is 2. The van der Waals surface area contributed by atoms with Crippen LogP contribution in [0.3, 0.4) is 0 Å². The molecule has 2 N–H and O–H groups in total. The zero-order chi connectivity index (χ0) is 24.8. The minimum absolute atomic E-state index is 0.00962. The molecule has 8 heteroatoms. The normalized spacial score (nSPS) is 16.6. The standard InChI is InChI=1S/C26H27N3O5/c1-5-16(2)34-20-14-10-9-13-19(20)29-23(26(31)33-4)22(25(30)32-3)21(18(15-27)24(29)28)17-11-7-6-8-12-17/h6-14,16,21H,5,28H2,1-4H3. The Bertz CT molecular complexity index is 1180. The predicted molar refractivity (Wildman–Crippen MR) is 126 cm³/mol. The Morgan fingerprint density at radius 3 is 2.26 bits per heavy atom. The van der Waals surface area contributed by atoms with Crippen LogP contribution in [-0.4, -0.2) is 32.3 Å². The van der Waals surface area contributed by atoms with Crippen molar-refractivity contribution in [2.45, 2.75) is 32.3 Å². The van der Waals surface area contributed by atoms with Gasteiger partial charge in [0.1, 0.15) is 17.3 Å². The van der Waals surface area contributed by atoms with Crippen LogP contribution in [0.15, 0.2) is 77.3 Å². The molecule has 2 atom stereocenters. The molecule has 0 bridgehead atoms. The third kappa shape index (κ3) is 4.46. The number of anilines is 1. The van der Waals surface area contributed by atoms with E-state index in [0.717, 1.165) is 6.42 Å². The highest BCUT2D eigenvalue weighted by molar-refractivity contribution is 6.06. The van der Waals surface area contributed by atoms with Crippen LogP contribution < -0.4 is 15.4 Å². The van der Waals surface area contributed by atoms with Crippen molar-refractivity contribution in [3.63, 3.8) is 0 Å². The third-order valence-corrected chi connectivity index (χ3v) is 5.62. The maximum atomic E-state index is 13.2. The summed E-state index contributed by atoms with van der Waals surface area (Å²) in [4.78, 5) is 27.6. The van der Waals surface area contributed by atoms with Gasteiger partial charge in [-0.05, 0) is 31.0 Å². The summed E-state index contributed by atoms with van der Waals surface area (Å²) in [6, 6.07) is 18.0. The van der Waals surface area contributed by atoms with Gasteiger partial charge in [-0.15, -0.1) is 0 Å². The van der Waals surface area contributed by atoms with E-state index in [4.69, 9.17) is 19.9 Å². The summed E-state index contributed by atoms with van der Waals surface area (Å²) >= 11 is 0. The molecule has 2 unspecified atom stereocenters. The average molecular weight is 462 g/mol. The Morgan fingerprint density at radius 2 is 1.68 bits per heavy atom. The molecule has 0 aliphatic carbocycles. The molecule has 0 saturated carbocycles. The van der Waals surface area contributed by atoms with Gasteiger partial charge >= 0.3 is 11.9 Å². The molecule has 1 aliphatic rings. The summed E-state index contributed by atoms with van der Waals surface area (Å²) in [7, 11) is 2.42. The summed E-state index contributed by atoms with van der Waals surface area (Å²) in [6.45, 7) is 3.89. The zero-order valence-electron chi connectivity index (χ0n) is 19.6. The molecule has 0 fully saturated rings. The topological polar surface area (TPSA) is 115 Å². The first-order chi connectivity index (χ1) is 16.4. The second kappa shape index (κ2) is 10.6. The van der Waals surface area contributed by atoms with Crippen molar-refractivity contribution in [2.24, 2.45) is 5.73 Å². The second-order valence-electron chi connectivity index (χ2n) is 7.64. The maximum absolute atomic E-state index is 13.2. The van der Waals surface area contributed by atoms with Gasteiger partial charge in [-0.3, -0.25) is 4.90 Å². The van der Waals surface area contributed by atoms with Crippen molar-refractivity contribution in [3.8, 4) is 11.8 Å². The lowest BCUT2D eigenvalue weighted by Crippen LogP contribution is -2.41. The number of ether oxygens (including phenoxy) is 3. The van der Waals surface area contributed by atoms with Crippen molar-refractivity contribution in [1.82, 2.24) is 0 Å². The van der Waals surface area contributed by atoms with Gasteiger partial charge in [-0.25, -0.2) is 9.59 Å². The monoisotopic (exact) mass is 461 g/mol. The SMILES string of the molecule is CCC(C)Oc1ccccc1N1C(N)=C(C#N)C(c2ccccc2)C(C(=O)OC)=C1C(=O)OC. The number of nitriles is 1. The van der Waals surface area contributed by atoms with Crippen LogP contribution in [0.4, 0.5) is 5.69 Å². The van der Waals surface area contributed by atoms with Crippen LogP contribution in [0.5, 0.6) is 5.75 Å². The molecule has 3 rings (SSSR count). The Labute approximate surface area is 198 Å². The molecular formula is C26H27N3O5. The van der Waals surface area contributed by atoms with E-state index in [9.17, 15) is 14.9 Å². The van der Waals surface area contributed by atoms with E-state index in [1.54, 1.807) is 48.5 Å². The van der Waals surface area contributed by atoms with Crippen molar-refractivity contribution < 1.29 is 23.8 Å². The fourth-order valence-corrected chi connectivity index (χ4v) is 3.81. The molecule has 0 saturated heterocycles. The number of hydrogen-bond acceptors (Lipinski definition) is 8. The molecule has 176 valence electrons. The van der Waals surface area contributed by atoms with E-state index in [2.05, 4.69) is 6.07 Å². The van der Waals surface area contributed by atoms with Crippen LogP contribution in [0, 0.1) is 11.3 Å². The summed E-state index contributed by atoms with van der Waals surface area (Å²) in [5.41, 5.74) is 7.45. The molecule has 0 amide bonds. The number of hydrogen-bond donors (Lipinski definition) is 1. The van der Waals surface area contributed by atoms with Crippen LogP contribution in [0.1, 0.15) is 31.7 Å². The fourth-order valence-electron chi connectivity index (χ4n) is 3.81. The van der Waals surface area contributed by atoms with Crippen LogP contribution in [-0.2, 0) is 19.1 Å². The van der Waals surface area contributed by atoms with Gasteiger partial charge in [-0.1, -0.05) is 49.4 Å². The summed E-state index contributed by atoms with van der Waals surface area (Å²) in [5.74, 6) is -2.09. The number of esters is 2. The number of carbonyl (C=O) groups is 2. The molecule has 1 heterocycles. The summed E-state index contributed by atoms with van der Waals surface area (Å²) in [5, 5.41) is 10.1. The first kappa shape index (κ1) is 24.4. The lowest BCUT2D eigenvalue weighted by atomic mass is 9.81. The highest BCUT2D eigenvalue weighted by atomic mass is 16.5. The number of methoxy groups -OCH3 is 2. The summed E-state index contributed by atoms with van der Waals surface area (Å²) < 4.78 is 16.2. The molecule has 0 spiro atoms. The Hall–Kier alpha value is -4.25. The number of allylic oxidation sites excluding steroid dienone is 1. The molecule has 1 aliphatic heterocycles. The Kier molecular flexibility index (Phi) is 7.59. The smallest absolute Gasteiger partial charge is 0.355 e. The average Bonchev–Trinajstić information content (AvgIpc) is 2.87. The van der Waals surface area contributed by atoms with E-state index in [1.165, 1.54) is 19.1 Å².